The smallest absolute Gasteiger partial charge is 0.255 e. The van der Waals surface area contributed by atoms with Crippen LogP contribution in [0.15, 0.2) is 60.7 Å². The molecule has 2 rings (SSSR count). The Balaban J connectivity index is 2.48. The van der Waals surface area contributed by atoms with Crippen LogP contribution in [0.5, 0.6) is 0 Å². The lowest BCUT2D eigenvalue weighted by molar-refractivity contribution is 0.314. The fourth-order valence-corrected chi connectivity index (χ4v) is 7.07. The maximum Gasteiger partial charge on any atom is 0.255 e. The van der Waals surface area contributed by atoms with Crippen LogP contribution in [-0.4, -0.2) is 14.9 Å². The highest BCUT2D eigenvalue weighted by molar-refractivity contribution is 6.97. The molecule has 0 saturated carbocycles. The zero-order valence-electron chi connectivity index (χ0n) is 13.2. The van der Waals surface area contributed by atoms with Crippen molar-refractivity contribution in [3.63, 3.8) is 0 Å². The fraction of sp³-hybridized carbons (Fsp3) is 0.368. The Morgan fingerprint density at radius 2 is 1.29 bits per heavy atom. The third kappa shape index (κ3) is 3.83. The molecule has 0 unspecified atom stereocenters. The molecule has 1 nitrogen and oxygen atoms in total. The van der Waals surface area contributed by atoms with Gasteiger partial charge < -0.3 is 4.43 Å². The maximum absolute atomic E-state index is 6.59. The molecule has 0 aromatic heterocycles. The Morgan fingerprint density at radius 1 is 0.762 bits per heavy atom. The lowest BCUT2D eigenvalue weighted by Crippen LogP contribution is -2.60. The van der Waals surface area contributed by atoms with Crippen LogP contribution in [0.2, 0.25) is 6.04 Å². The number of benzene rings is 2. The van der Waals surface area contributed by atoms with Crippen molar-refractivity contribution < 1.29 is 4.43 Å². The van der Waals surface area contributed by atoms with E-state index in [0.29, 0.717) is 0 Å². The summed E-state index contributed by atoms with van der Waals surface area (Å²) in [5.74, 6) is 0. The van der Waals surface area contributed by atoms with E-state index < -0.39 is 8.32 Å². The molecule has 0 aliphatic carbocycles. The van der Waals surface area contributed by atoms with Crippen LogP contribution in [0.4, 0.5) is 0 Å². The molecule has 2 aromatic rings. The predicted octanol–water partition coefficient (Wildman–Crippen LogP) is 3.97. The highest BCUT2D eigenvalue weighted by Gasteiger charge is 2.38. The molecular weight excluding hydrogens is 272 g/mol. The minimum atomic E-state index is -2.09. The first-order valence-corrected chi connectivity index (χ1v) is 10.2. The minimum absolute atomic E-state index is 0.847. The van der Waals surface area contributed by atoms with Gasteiger partial charge in [0.15, 0.2) is 0 Å². The van der Waals surface area contributed by atoms with Crippen LogP contribution >= 0.6 is 0 Å². The molecule has 2 heteroatoms. The van der Waals surface area contributed by atoms with Crippen molar-refractivity contribution in [2.45, 2.75) is 39.2 Å². The van der Waals surface area contributed by atoms with Crippen molar-refractivity contribution >= 4 is 18.7 Å². The molecule has 0 fully saturated rings. The van der Waals surface area contributed by atoms with Gasteiger partial charge in [0.25, 0.3) is 8.32 Å². The number of unbranched alkanes of at least 4 members (excludes halogenated alkanes) is 1. The first-order chi connectivity index (χ1) is 10.3. The van der Waals surface area contributed by atoms with Gasteiger partial charge in [0.1, 0.15) is 0 Å². The van der Waals surface area contributed by atoms with E-state index in [1.165, 1.54) is 23.2 Å². The summed E-state index contributed by atoms with van der Waals surface area (Å²) >= 11 is 0. The lowest BCUT2D eigenvalue weighted by atomic mass is 10.4. The summed E-state index contributed by atoms with van der Waals surface area (Å²) in [7, 11) is -2.09. The third-order valence-electron chi connectivity index (χ3n) is 3.92. The molecule has 0 N–H and O–H groups in total. The van der Waals surface area contributed by atoms with Gasteiger partial charge in [0.2, 0.25) is 0 Å². The average molecular weight is 299 g/mol. The van der Waals surface area contributed by atoms with Crippen molar-refractivity contribution in [3.8, 4) is 0 Å². The van der Waals surface area contributed by atoms with Crippen LogP contribution in [-0.2, 0) is 4.43 Å². The Labute approximate surface area is 130 Å². The van der Waals surface area contributed by atoms with E-state index in [9.17, 15) is 0 Å². The number of hydrogen-bond acceptors (Lipinski definition) is 1. The van der Waals surface area contributed by atoms with Gasteiger partial charge in [-0.2, -0.15) is 0 Å². The summed E-state index contributed by atoms with van der Waals surface area (Å²) in [6.07, 6.45) is 3.50. The van der Waals surface area contributed by atoms with Crippen molar-refractivity contribution in [3.05, 3.63) is 60.7 Å². The fourth-order valence-electron chi connectivity index (χ4n) is 2.81. The van der Waals surface area contributed by atoms with Crippen molar-refractivity contribution in [1.82, 2.24) is 0 Å². The Bertz CT molecular complexity index is 460. The zero-order chi connectivity index (χ0) is 15.0. The second kappa shape index (κ2) is 8.16. The third-order valence-corrected chi connectivity index (χ3v) is 8.20. The van der Waals surface area contributed by atoms with Gasteiger partial charge in [-0.1, -0.05) is 87.4 Å². The van der Waals surface area contributed by atoms with E-state index in [1.807, 2.05) is 0 Å². The monoisotopic (exact) mass is 298 g/mol. The number of rotatable bonds is 8. The Morgan fingerprint density at radius 3 is 1.71 bits per heavy atom. The van der Waals surface area contributed by atoms with E-state index in [1.54, 1.807) is 0 Å². The van der Waals surface area contributed by atoms with E-state index >= 15 is 0 Å². The lowest BCUT2D eigenvalue weighted by Gasteiger charge is -2.32. The van der Waals surface area contributed by atoms with Gasteiger partial charge in [-0.15, -0.1) is 0 Å². The van der Waals surface area contributed by atoms with E-state index in [2.05, 4.69) is 74.5 Å². The van der Waals surface area contributed by atoms with Gasteiger partial charge in [0.05, 0.1) is 0 Å². The summed E-state index contributed by atoms with van der Waals surface area (Å²) in [5, 5.41) is 2.80. The predicted molar refractivity (Wildman–Crippen MR) is 93.9 cm³/mol. The maximum atomic E-state index is 6.59. The van der Waals surface area contributed by atoms with Crippen LogP contribution in [0.25, 0.3) is 0 Å². The van der Waals surface area contributed by atoms with Crippen molar-refractivity contribution in [2.75, 3.05) is 6.61 Å². The van der Waals surface area contributed by atoms with Crippen LogP contribution in [0.3, 0.4) is 0 Å². The van der Waals surface area contributed by atoms with Crippen LogP contribution in [0.1, 0.15) is 33.1 Å². The molecule has 0 atom stereocenters. The molecule has 0 spiro atoms. The van der Waals surface area contributed by atoms with Crippen LogP contribution in [0, 0.1) is 0 Å². The van der Waals surface area contributed by atoms with Gasteiger partial charge >= 0.3 is 0 Å². The standard InChI is InChI=1S/C19H26OSi/c1-3-5-17-21(20-16-4-2,18-12-8-6-9-13-18)19-14-10-7-11-15-19/h6-15H,3-5,16-17H2,1-2H3. The van der Waals surface area contributed by atoms with E-state index in [4.69, 9.17) is 4.43 Å². The molecule has 0 heterocycles. The average Bonchev–Trinajstić information content (AvgIpc) is 2.57. The Hall–Kier alpha value is -1.38. The minimum Gasteiger partial charge on any atom is -0.408 e. The number of hydrogen-bond donors (Lipinski definition) is 0. The van der Waals surface area contributed by atoms with Crippen LogP contribution < -0.4 is 10.4 Å². The molecule has 0 saturated heterocycles. The second-order valence-corrected chi connectivity index (χ2v) is 9.11. The molecule has 0 aliphatic heterocycles. The molecule has 2 aromatic carbocycles. The normalized spacial score (nSPS) is 11.5. The Kier molecular flexibility index (Phi) is 6.21. The molecule has 21 heavy (non-hydrogen) atoms. The summed E-state index contributed by atoms with van der Waals surface area (Å²) in [4.78, 5) is 0. The van der Waals surface area contributed by atoms with Crippen molar-refractivity contribution in [2.24, 2.45) is 0 Å². The second-order valence-electron chi connectivity index (χ2n) is 5.51. The molecular formula is C19H26OSi. The highest BCUT2D eigenvalue weighted by Crippen LogP contribution is 2.17. The quantitative estimate of drug-likeness (QED) is 0.670. The molecule has 0 aliphatic rings. The molecule has 0 amide bonds. The first-order valence-electron chi connectivity index (χ1n) is 8.08. The van der Waals surface area contributed by atoms with E-state index in [0.717, 1.165) is 19.1 Å². The van der Waals surface area contributed by atoms with Gasteiger partial charge in [-0.3, -0.25) is 0 Å². The highest BCUT2D eigenvalue weighted by atomic mass is 28.4. The van der Waals surface area contributed by atoms with E-state index in [-0.39, 0.29) is 0 Å². The summed E-state index contributed by atoms with van der Waals surface area (Å²) in [5.41, 5.74) is 0. The van der Waals surface area contributed by atoms with Gasteiger partial charge in [0, 0.05) is 6.61 Å². The zero-order valence-corrected chi connectivity index (χ0v) is 14.2. The molecule has 0 radical (unpaired) electrons. The van der Waals surface area contributed by atoms with Gasteiger partial charge in [-0.05, 0) is 22.8 Å². The van der Waals surface area contributed by atoms with Gasteiger partial charge in [-0.25, -0.2) is 0 Å². The van der Waals surface area contributed by atoms with Crippen molar-refractivity contribution in [1.29, 1.82) is 0 Å². The molecule has 112 valence electrons. The largest absolute Gasteiger partial charge is 0.408 e. The first kappa shape index (κ1) is 16.0. The summed E-state index contributed by atoms with van der Waals surface area (Å²) < 4.78 is 6.59. The SMILES string of the molecule is CCCC[Si](OCCC)(c1ccccc1)c1ccccc1. The summed E-state index contributed by atoms with van der Waals surface area (Å²) in [6.45, 7) is 5.30. The topological polar surface area (TPSA) is 9.23 Å². The summed E-state index contributed by atoms with van der Waals surface area (Å²) in [6, 6.07) is 22.9. The molecule has 0 bridgehead atoms.